The summed E-state index contributed by atoms with van der Waals surface area (Å²) in [5.41, 5.74) is 5.73. The van der Waals surface area contributed by atoms with Crippen LogP contribution in [0, 0.1) is 0 Å². The normalized spacial score (nSPS) is 32.7. The fourth-order valence-corrected chi connectivity index (χ4v) is 2.72. The summed E-state index contributed by atoms with van der Waals surface area (Å²) in [6.07, 6.45) is 1.67. The van der Waals surface area contributed by atoms with Crippen LogP contribution in [0.5, 0.6) is 0 Å². The Morgan fingerprint density at radius 3 is 2.78 bits per heavy atom. The molecule has 100 valence electrons. The van der Waals surface area contributed by atoms with Gasteiger partial charge in [0.2, 0.25) is 5.89 Å². The van der Waals surface area contributed by atoms with Crippen molar-refractivity contribution >= 4 is 0 Å². The van der Waals surface area contributed by atoms with Crippen molar-refractivity contribution in [2.75, 3.05) is 32.7 Å². The van der Waals surface area contributed by atoms with E-state index in [1.807, 2.05) is 6.92 Å². The summed E-state index contributed by atoms with van der Waals surface area (Å²) in [6.45, 7) is 7.61. The Bertz CT molecular complexity index is 397. The van der Waals surface area contributed by atoms with Gasteiger partial charge in [-0.2, -0.15) is 4.98 Å². The predicted octanol–water partition coefficient (Wildman–Crippen LogP) is 0.0217. The number of hydrogen-bond donors (Lipinski definition) is 1. The third kappa shape index (κ3) is 2.41. The summed E-state index contributed by atoms with van der Waals surface area (Å²) in [5, 5.41) is 4.14. The average molecular weight is 251 g/mol. The molecule has 0 aromatic carbocycles. The van der Waals surface area contributed by atoms with Crippen LogP contribution >= 0.6 is 0 Å². The molecule has 0 amide bonds. The predicted molar refractivity (Wildman–Crippen MR) is 67.0 cm³/mol. The third-order valence-corrected chi connectivity index (χ3v) is 3.87. The molecule has 2 N–H and O–H groups in total. The molecule has 18 heavy (non-hydrogen) atoms. The first-order chi connectivity index (χ1) is 8.72. The molecule has 1 aromatic rings. The third-order valence-electron chi connectivity index (χ3n) is 3.87. The number of nitrogens with two attached hydrogens (primary N) is 1. The zero-order valence-corrected chi connectivity index (χ0v) is 10.9. The Balaban J connectivity index is 1.66. The van der Waals surface area contributed by atoms with Gasteiger partial charge in [-0.3, -0.25) is 9.80 Å². The summed E-state index contributed by atoms with van der Waals surface area (Å²) in [6, 6.07) is 0.501. The molecule has 0 radical (unpaired) electrons. The first-order valence-corrected chi connectivity index (χ1v) is 6.77. The Labute approximate surface area is 107 Å². The van der Waals surface area contributed by atoms with Gasteiger partial charge in [0.1, 0.15) is 0 Å². The van der Waals surface area contributed by atoms with Crippen molar-refractivity contribution in [2.24, 2.45) is 5.73 Å². The molecule has 0 saturated carbocycles. The van der Waals surface area contributed by atoms with E-state index >= 15 is 0 Å². The van der Waals surface area contributed by atoms with Crippen LogP contribution in [-0.2, 0) is 6.42 Å². The maximum Gasteiger partial charge on any atom is 0.226 e. The van der Waals surface area contributed by atoms with Crippen molar-refractivity contribution in [1.29, 1.82) is 0 Å². The highest BCUT2D eigenvalue weighted by atomic mass is 16.5. The van der Waals surface area contributed by atoms with E-state index in [0.717, 1.165) is 44.2 Å². The van der Waals surface area contributed by atoms with E-state index in [0.29, 0.717) is 6.04 Å². The Hall–Kier alpha value is -0.980. The number of hydrogen-bond acceptors (Lipinski definition) is 6. The van der Waals surface area contributed by atoms with Gasteiger partial charge in [-0.05, 0) is 13.3 Å². The van der Waals surface area contributed by atoms with Crippen LogP contribution in [0.3, 0.4) is 0 Å². The SMILES string of the molecule is CC(N)CCc1nc(C2CN3CCN2CC3)no1. The topological polar surface area (TPSA) is 71.4 Å². The van der Waals surface area contributed by atoms with Crippen molar-refractivity contribution in [3.8, 4) is 0 Å². The molecular formula is C12H21N5O. The van der Waals surface area contributed by atoms with Gasteiger partial charge in [-0.15, -0.1) is 0 Å². The van der Waals surface area contributed by atoms with Crippen LogP contribution in [-0.4, -0.2) is 58.7 Å². The minimum Gasteiger partial charge on any atom is -0.339 e. The lowest BCUT2D eigenvalue weighted by Gasteiger charge is -2.46. The second kappa shape index (κ2) is 4.95. The van der Waals surface area contributed by atoms with Crippen LogP contribution in [0.1, 0.15) is 31.1 Å². The van der Waals surface area contributed by atoms with E-state index in [4.69, 9.17) is 10.3 Å². The highest BCUT2D eigenvalue weighted by Crippen LogP contribution is 2.26. The largest absolute Gasteiger partial charge is 0.339 e. The van der Waals surface area contributed by atoms with E-state index in [9.17, 15) is 0 Å². The lowest BCUT2D eigenvalue weighted by Crippen LogP contribution is -2.57. The smallest absolute Gasteiger partial charge is 0.226 e. The minimum absolute atomic E-state index is 0.181. The van der Waals surface area contributed by atoms with Crippen LogP contribution in [0.15, 0.2) is 4.52 Å². The van der Waals surface area contributed by atoms with Gasteiger partial charge in [0, 0.05) is 45.2 Å². The number of piperazine rings is 3. The maximum atomic E-state index is 5.73. The standard InChI is InChI=1S/C12H21N5O/c1-9(13)2-3-11-14-12(15-18-11)10-8-16-4-6-17(10)7-5-16/h9-10H,2-8,13H2,1H3. The van der Waals surface area contributed by atoms with E-state index in [2.05, 4.69) is 19.9 Å². The van der Waals surface area contributed by atoms with Gasteiger partial charge >= 0.3 is 0 Å². The monoisotopic (exact) mass is 251 g/mol. The maximum absolute atomic E-state index is 5.73. The Morgan fingerprint density at radius 1 is 1.39 bits per heavy atom. The molecule has 1 aromatic heterocycles. The highest BCUT2D eigenvalue weighted by molar-refractivity contribution is 5.01. The van der Waals surface area contributed by atoms with Crippen molar-refractivity contribution in [3.63, 3.8) is 0 Å². The molecule has 3 saturated heterocycles. The molecule has 0 spiro atoms. The van der Waals surface area contributed by atoms with Gasteiger partial charge in [0.15, 0.2) is 5.82 Å². The van der Waals surface area contributed by atoms with Crippen molar-refractivity contribution in [3.05, 3.63) is 11.7 Å². The van der Waals surface area contributed by atoms with Gasteiger partial charge in [0.05, 0.1) is 6.04 Å². The first-order valence-electron chi connectivity index (χ1n) is 6.77. The lowest BCUT2D eigenvalue weighted by molar-refractivity contribution is 0.00781. The molecule has 2 atom stereocenters. The van der Waals surface area contributed by atoms with Crippen LogP contribution < -0.4 is 5.73 Å². The van der Waals surface area contributed by atoms with Crippen LogP contribution in [0.25, 0.3) is 0 Å². The number of fused-ring (bicyclic) bond motifs is 3. The molecule has 3 fully saturated rings. The fourth-order valence-electron chi connectivity index (χ4n) is 2.72. The highest BCUT2D eigenvalue weighted by Gasteiger charge is 2.35. The number of aromatic nitrogens is 2. The van der Waals surface area contributed by atoms with E-state index in [-0.39, 0.29) is 6.04 Å². The summed E-state index contributed by atoms with van der Waals surface area (Å²) in [7, 11) is 0. The summed E-state index contributed by atoms with van der Waals surface area (Å²) >= 11 is 0. The zero-order chi connectivity index (χ0) is 12.5. The number of aryl methyl sites for hydroxylation is 1. The summed E-state index contributed by atoms with van der Waals surface area (Å²) < 4.78 is 5.31. The van der Waals surface area contributed by atoms with Gasteiger partial charge in [-0.25, -0.2) is 0 Å². The van der Waals surface area contributed by atoms with E-state index in [1.165, 1.54) is 13.1 Å². The Kier molecular flexibility index (Phi) is 3.32. The molecule has 4 heterocycles. The van der Waals surface area contributed by atoms with Crippen molar-refractivity contribution in [2.45, 2.75) is 31.8 Å². The molecule has 6 heteroatoms. The first kappa shape index (κ1) is 12.1. The summed E-state index contributed by atoms with van der Waals surface area (Å²) in [4.78, 5) is 9.46. The van der Waals surface area contributed by atoms with E-state index in [1.54, 1.807) is 0 Å². The lowest BCUT2D eigenvalue weighted by atomic mass is 10.1. The molecule has 4 rings (SSSR count). The molecule has 3 aliphatic heterocycles. The van der Waals surface area contributed by atoms with Gasteiger partial charge in [0.25, 0.3) is 0 Å². The molecule has 3 aliphatic rings. The minimum atomic E-state index is 0.181. The van der Waals surface area contributed by atoms with Crippen molar-refractivity contribution in [1.82, 2.24) is 19.9 Å². The fraction of sp³-hybridized carbons (Fsp3) is 0.833. The molecular weight excluding hydrogens is 230 g/mol. The van der Waals surface area contributed by atoms with Gasteiger partial charge in [-0.1, -0.05) is 5.16 Å². The second-order valence-corrected chi connectivity index (χ2v) is 5.41. The summed E-state index contributed by atoms with van der Waals surface area (Å²) in [5.74, 6) is 1.57. The number of nitrogens with zero attached hydrogens (tertiary/aromatic N) is 4. The van der Waals surface area contributed by atoms with Gasteiger partial charge < -0.3 is 10.3 Å². The molecule has 6 nitrogen and oxygen atoms in total. The second-order valence-electron chi connectivity index (χ2n) is 5.41. The average Bonchev–Trinajstić information content (AvgIpc) is 2.86. The molecule has 2 unspecified atom stereocenters. The van der Waals surface area contributed by atoms with Crippen LogP contribution in [0.4, 0.5) is 0 Å². The molecule has 0 aliphatic carbocycles. The molecule has 2 bridgehead atoms. The Morgan fingerprint density at radius 2 is 2.17 bits per heavy atom. The zero-order valence-electron chi connectivity index (χ0n) is 10.9. The quantitative estimate of drug-likeness (QED) is 0.813. The number of rotatable bonds is 4. The van der Waals surface area contributed by atoms with E-state index < -0.39 is 0 Å². The van der Waals surface area contributed by atoms with Crippen molar-refractivity contribution < 1.29 is 4.52 Å². The van der Waals surface area contributed by atoms with Crippen LogP contribution in [0.2, 0.25) is 0 Å².